The minimum absolute atomic E-state index is 0.0536. The van der Waals surface area contributed by atoms with Crippen LogP contribution in [0.4, 0.5) is 0 Å². The van der Waals surface area contributed by atoms with Gasteiger partial charge in [0.25, 0.3) is 0 Å². The van der Waals surface area contributed by atoms with Gasteiger partial charge in [0, 0.05) is 15.6 Å². The van der Waals surface area contributed by atoms with Crippen LogP contribution in [0.2, 0.25) is 10.0 Å². The number of ether oxygens (including phenoxy) is 1. The normalized spacial score (nSPS) is 10.9. The summed E-state index contributed by atoms with van der Waals surface area (Å²) >= 11 is 11.9. The minimum Gasteiger partial charge on any atom is -0.454 e. The second kappa shape index (κ2) is 8.30. The molecular formula is C21H16Cl2N4O3. The predicted molar refractivity (Wildman–Crippen MR) is 112 cm³/mol. The minimum atomic E-state index is -0.598. The lowest BCUT2D eigenvalue weighted by atomic mass is 10.2. The van der Waals surface area contributed by atoms with Gasteiger partial charge in [-0.1, -0.05) is 34.5 Å². The molecule has 0 atom stereocenters. The van der Waals surface area contributed by atoms with E-state index < -0.39 is 5.97 Å². The highest BCUT2D eigenvalue weighted by Crippen LogP contribution is 2.25. The number of esters is 1. The van der Waals surface area contributed by atoms with Crippen LogP contribution in [-0.2, 0) is 11.3 Å². The number of halogens is 2. The van der Waals surface area contributed by atoms with Gasteiger partial charge in [0.2, 0.25) is 5.89 Å². The number of hydrogen-bond acceptors (Lipinski definition) is 6. The molecule has 0 radical (unpaired) electrons. The van der Waals surface area contributed by atoms with Gasteiger partial charge in [0.15, 0.2) is 5.69 Å². The Morgan fingerprint density at radius 1 is 1.10 bits per heavy atom. The Bertz CT molecular complexity index is 1220. The van der Waals surface area contributed by atoms with E-state index in [1.54, 1.807) is 54.9 Å². The van der Waals surface area contributed by atoms with Crippen LogP contribution in [0.25, 0.3) is 17.1 Å². The number of carbonyl (C=O) groups excluding carboxylic acids is 1. The van der Waals surface area contributed by atoms with Crippen LogP contribution in [0.1, 0.15) is 27.6 Å². The summed E-state index contributed by atoms with van der Waals surface area (Å²) in [7, 11) is 0. The monoisotopic (exact) mass is 442 g/mol. The molecule has 2 heterocycles. The van der Waals surface area contributed by atoms with Gasteiger partial charge in [-0.05, 0) is 56.3 Å². The van der Waals surface area contributed by atoms with Gasteiger partial charge in [-0.25, -0.2) is 14.5 Å². The van der Waals surface area contributed by atoms with Gasteiger partial charge in [0.1, 0.15) is 18.1 Å². The smallest absolute Gasteiger partial charge is 0.361 e. The van der Waals surface area contributed by atoms with Crippen LogP contribution < -0.4 is 0 Å². The van der Waals surface area contributed by atoms with E-state index in [9.17, 15) is 4.79 Å². The van der Waals surface area contributed by atoms with Crippen molar-refractivity contribution in [2.75, 3.05) is 0 Å². The molecule has 2 aromatic carbocycles. The average Bonchev–Trinajstić information content (AvgIpc) is 3.29. The molecule has 0 aliphatic carbocycles. The van der Waals surface area contributed by atoms with E-state index in [0.717, 1.165) is 11.3 Å². The fraction of sp³-hybridized carbons (Fsp3) is 0.143. The van der Waals surface area contributed by atoms with Crippen molar-refractivity contribution in [3.05, 3.63) is 81.4 Å². The largest absolute Gasteiger partial charge is 0.454 e. The molecule has 0 unspecified atom stereocenters. The maximum atomic E-state index is 12.5. The summed E-state index contributed by atoms with van der Waals surface area (Å²) in [4.78, 5) is 16.9. The summed E-state index contributed by atoms with van der Waals surface area (Å²) in [5.74, 6) is 0.365. The number of aryl methyl sites for hydroxylation is 1. The maximum absolute atomic E-state index is 12.5. The molecule has 0 fully saturated rings. The molecule has 0 bridgehead atoms. The average molecular weight is 443 g/mol. The van der Waals surface area contributed by atoms with Crippen molar-refractivity contribution in [2.24, 2.45) is 0 Å². The summed E-state index contributed by atoms with van der Waals surface area (Å²) in [6, 6.07) is 14.2. The molecule has 30 heavy (non-hydrogen) atoms. The van der Waals surface area contributed by atoms with Crippen LogP contribution in [0, 0.1) is 13.8 Å². The Labute approximate surface area is 182 Å². The van der Waals surface area contributed by atoms with Crippen molar-refractivity contribution < 1.29 is 13.9 Å². The summed E-state index contributed by atoms with van der Waals surface area (Å²) in [5, 5.41) is 9.18. The van der Waals surface area contributed by atoms with E-state index in [2.05, 4.69) is 15.3 Å². The molecule has 0 saturated heterocycles. The van der Waals surface area contributed by atoms with Gasteiger partial charge in [-0.3, -0.25) is 0 Å². The lowest BCUT2D eigenvalue weighted by Crippen LogP contribution is -2.09. The number of nitrogens with zero attached hydrogens (tertiary/aromatic N) is 4. The molecule has 4 aromatic rings. The number of oxazole rings is 1. The quantitative estimate of drug-likeness (QED) is 0.394. The standard InChI is InChI=1S/C21H16Cl2N4O3/c1-12-19(25-26-27(12)17-8-6-15(22)7-9-17)21(28)29-11-18-13(2)30-20(24-18)14-4-3-5-16(23)10-14/h3-10H,11H2,1-2H3. The third-order valence-corrected chi connectivity index (χ3v) is 4.95. The number of hydrogen-bond donors (Lipinski definition) is 0. The SMILES string of the molecule is Cc1oc(-c2cccc(Cl)c2)nc1COC(=O)c1nnn(-c2ccc(Cl)cc2)c1C. The Kier molecular flexibility index (Phi) is 5.57. The van der Waals surface area contributed by atoms with Crippen LogP contribution >= 0.6 is 23.2 Å². The zero-order valence-corrected chi connectivity index (χ0v) is 17.6. The van der Waals surface area contributed by atoms with Gasteiger partial charge in [-0.15, -0.1) is 5.10 Å². The third kappa shape index (κ3) is 4.08. The Morgan fingerprint density at radius 3 is 2.60 bits per heavy atom. The predicted octanol–water partition coefficient (Wildman–Crippen LogP) is 5.20. The van der Waals surface area contributed by atoms with E-state index in [4.69, 9.17) is 32.4 Å². The molecule has 152 valence electrons. The molecule has 0 aliphatic rings. The molecule has 9 heteroatoms. The highest BCUT2D eigenvalue weighted by Gasteiger charge is 2.20. The molecular weight excluding hydrogens is 427 g/mol. The zero-order valence-electron chi connectivity index (χ0n) is 16.1. The van der Waals surface area contributed by atoms with Crippen LogP contribution in [0.3, 0.4) is 0 Å². The first-order valence-corrected chi connectivity index (χ1v) is 9.75. The first kappa shape index (κ1) is 20.1. The van der Waals surface area contributed by atoms with Gasteiger partial charge in [-0.2, -0.15) is 0 Å². The molecule has 0 aliphatic heterocycles. The van der Waals surface area contributed by atoms with Crippen molar-refractivity contribution in [1.29, 1.82) is 0 Å². The van der Waals surface area contributed by atoms with Crippen molar-refractivity contribution >= 4 is 29.2 Å². The first-order chi connectivity index (χ1) is 14.4. The molecule has 0 saturated carbocycles. The van der Waals surface area contributed by atoms with Crippen LogP contribution in [0.5, 0.6) is 0 Å². The molecule has 2 aromatic heterocycles. The fourth-order valence-electron chi connectivity index (χ4n) is 2.85. The molecule has 7 nitrogen and oxygen atoms in total. The van der Waals surface area contributed by atoms with Gasteiger partial charge < -0.3 is 9.15 Å². The van der Waals surface area contributed by atoms with Crippen molar-refractivity contribution in [3.8, 4) is 17.1 Å². The molecule has 0 spiro atoms. The van der Waals surface area contributed by atoms with Gasteiger partial charge in [0.05, 0.1) is 11.4 Å². The first-order valence-electron chi connectivity index (χ1n) is 9.00. The van der Waals surface area contributed by atoms with Crippen molar-refractivity contribution in [2.45, 2.75) is 20.5 Å². The number of aromatic nitrogens is 4. The number of rotatable bonds is 5. The summed E-state index contributed by atoms with van der Waals surface area (Å²) in [6.07, 6.45) is 0. The lowest BCUT2D eigenvalue weighted by Gasteiger charge is -2.04. The molecule has 4 rings (SSSR count). The topological polar surface area (TPSA) is 83.0 Å². The van der Waals surface area contributed by atoms with Crippen LogP contribution in [-0.4, -0.2) is 25.9 Å². The highest BCUT2D eigenvalue weighted by atomic mass is 35.5. The van der Waals surface area contributed by atoms with E-state index >= 15 is 0 Å². The van der Waals surface area contributed by atoms with E-state index in [-0.39, 0.29) is 12.3 Å². The number of benzene rings is 2. The van der Waals surface area contributed by atoms with Crippen LogP contribution in [0.15, 0.2) is 52.9 Å². The van der Waals surface area contributed by atoms with Crippen molar-refractivity contribution in [1.82, 2.24) is 20.0 Å². The van der Waals surface area contributed by atoms with E-state index in [0.29, 0.717) is 33.1 Å². The summed E-state index contributed by atoms with van der Waals surface area (Å²) < 4.78 is 12.6. The van der Waals surface area contributed by atoms with E-state index in [1.165, 1.54) is 0 Å². The summed E-state index contributed by atoms with van der Waals surface area (Å²) in [6.45, 7) is 3.44. The zero-order chi connectivity index (χ0) is 21.3. The second-order valence-electron chi connectivity index (χ2n) is 6.52. The third-order valence-electron chi connectivity index (χ3n) is 4.46. The maximum Gasteiger partial charge on any atom is 0.361 e. The number of carbonyl (C=O) groups is 1. The van der Waals surface area contributed by atoms with E-state index in [1.807, 2.05) is 12.1 Å². The lowest BCUT2D eigenvalue weighted by molar-refractivity contribution is 0.0459. The highest BCUT2D eigenvalue weighted by molar-refractivity contribution is 6.31. The Morgan fingerprint density at radius 2 is 1.87 bits per heavy atom. The summed E-state index contributed by atoms with van der Waals surface area (Å²) in [5.41, 5.74) is 2.67. The van der Waals surface area contributed by atoms with Gasteiger partial charge >= 0.3 is 5.97 Å². The second-order valence-corrected chi connectivity index (χ2v) is 7.39. The Balaban J connectivity index is 1.49. The Hall–Kier alpha value is -3.16. The molecule has 0 amide bonds. The molecule has 0 N–H and O–H groups in total. The van der Waals surface area contributed by atoms with Crippen molar-refractivity contribution in [3.63, 3.8) is 0 Å². The fourth-order valence-corrected chi connectivity index (χ4v) is 3.17.